The minimum absolute atomic E-state index is 0.104. The quantitative estimate of drug-likeness (QED) is 0.346. The molecule has 0 aliphatic heterocycles. The van der Waals surface area contributed by atoms with Crippen LogP contribution in [0.4, 0.5) is 10.3 Å². The zero-order valence-corrected chi connectivity index (χ0v) is 21.5. The first-order valence-corrected chi connectivity index (χ1v) is 13.0. The molecule has 0 bridgehead atoms. The lowest BCUT2D eigenvalue weighted by Crippen LogP contribution is -2.38. The van der Waals surface area contributed by atoms with Crippen LogP contribution in [0.5, 0.6) is 5.75 Å². The van der Waals surface area contributed by atoms with Crippen LogP contribution in [0.1, 0.15) is 12.5 Å². The van der Waals surface area contributed by atoms with Gasteiger partial charge in [0.15, 0.2) is 0 Å². The maximum Gasteiger partial charge on any atom is 0.243 e. The van der Waals surface area contributed by atoms with Gasteiger partial charge >= 0.3 is 0 Å². The fourth-order valence-electron chi connectivity index (χ4n) is 3.72. The molecular formula is C27H27FN4O4S. The summed E-state index contributed by atoms with van der Waals surface area (Å²) >= 11 is 0. The van der Waals surface area contributed by atoms with Crippen LogP contribution in [0.15, 0.2) is 83.9 Å². The van der Waals surface area contributed by atoms with Crippen LogP contribution in [0.25, 0.3) is 16.9 Å². The fourth-order valence-corrected chi connectivity index (χ4v) is 5.12. The lowest BCUT2D eigenvalue weighted by atomic mass is 10.1. The average Bonchev–Trinajstić information content (AvgIpc) is 3.31. The summed E-state index contributed by atoms with van der Waals surface area (Å²) in [6.07, 6.45) is 1.71. The molecule has 0 radical (unpaired) electrons. The van der Waals surface area contributed by atoms with Crippen LogP contribution in [0.2, 0.25) is 0 Å². The van der Waals surface area contributed by atoms with Gasteiger partial charge in [-0.3, -0.25) is 14.7 Å². The second kappa shape index (κ2) is 10.9. The van der Waals surface area contributed by atoms with E-state index in [0.29, 0.717) is 17.1 Å². The number of aromatic nitrogens is 2. The first kappa shape index (κ1) is 26.1. The maximum atomic E-state index is 13.5. The van der Waals surface area contributed by atoms with Crippen molar-refractivity contribution in [3.8, 4) is 22.7 Å². The normalized spacial score (nSPS) is 11.5. The number of sulfonamides is 1. The second-order valence-electron chi connectivity index (χ2n) is 8.32. The van der Waals surface area contributed by atoms with E-state index in [2.05, 4.69) is 10.3 Å². The third-order valence-corrected chi connectivity index (χ3v) is 7.71. The van der Waals surface area contributed by atoms with E-state index in [9.17, 15) is 17.6 Å². The number of rotatable bonds is 9. The Bertz CT molecular complexity index is 1480. The summed E-state index contributed by atoms with van der Waals surface area (Å²) in [6.45, 7) is 3.24. The van der Waals surface area contributed by atoms with Crippen molar-refractivity contribution in [3.63, 3.8) is 0 Å². The van der Waals surface area contributed by atoms with Crippen molar-refractivity contribution in [1.82, 2.24) is 13.9 Å². The van der Waals surface area contributed by atoms with E-state index in [-0.39, 0.29) is 17.4 Å². The molecule has 1 aromatic heterocycles. The van der Waals surface area contributed by atoms with Crippen LogP contribution >= 0.6 is 0 Å². The molecular weight excluding hydrogens is 495 g/mol. The number of imidazole rings is 1. The Morgan fingerprint density at radius 1 is 1.03 bits per heavy atom. The smallest absolute Gasteiger partial charge is 0.243 e. The Labute approximate surface area is 215 Å². The number of anilines is 1. The van der Waals surface area contributed by atoms with E-state index in [1.807, 2.05) is 19.1 Å². The number of amides is 1. The predicted molar refractivity (Wildman–Crippen MR) is 140 cm³/mol. The molecule has 8 nitrogen and oxygen atoms in total. The topological polar surface area (TPSA) is 93.5 Å². The van der Waals surface area contributed by atoms with E-state index in [4.69, 9.17) is 4.74 Å². The molecule has 0 aliphatic carbocycles. The Morgan fingerprint density at radius 3 is 2.27 bits per heavy atom. The van der Waals surface area contributed by atoms with Crippen molar-refractivity contribution >= 4 is 21.9 Å². The van der Waals surface area contributed by atoms with Crippen LogP contribution in [-0.4, -0.2) is 48.4 Å². The highest BCUT2D eigenvalue weighted by molar-refractivity contribution is 7.89. The summed E-state index contributed by atoms with van der Waals surface area (Å²) in [5.74, 6) is -0.103. The number of ether oxygens (including phenoxy) is 1. The molecule has 0 saturated heterocycles. The Morgan fingerprint density at radius 2 is 1.68 bits per heavy atom. The summed E-state index contributed by atoms with van der Waals surface area (Å²) < 4.78 is 47.7. The van der Waals surface area contributed by atoms with Crippen LogP contribution < -0.4 is 10.1 Å². The molecule has 4 rings (SSSR count). The van der Waals surface area contributed by atoms with Gasteiger partial charge in [-0.1, -0.05) is 24.6 Å². The summed E-state index contributed by atoms with van der Waals surface area (Å²) in [7, 11) is -2.30. The summed E-state index contributed by atoms with van der Waals surface area (Å²) in [5.41, 5.74) is 2.83. The predicted octanol–water partition coefficient (Wildman–Crippen LogP) is 4.64. The van der Waals surface area contributed by atoms with Gasteiger partial charge in [0.2, 0.25) is 21.9 Å². The Balaban J connectivity index is 1.62. The van der Waals surface area contributed by atoms with Crippen molar-refractivity contribution in [3.05, 3.63) is 90.4 Å². The molecule has 1 amide bonds. The standard InChI is InChI=1S/C27H27FN4O4S/c1-4-31(37(34,35)24-15-5-19(2)6-16-24)18-26(33)30-27-29-25(20-7-13-23(36-3)14-8-20)17-32(27)22-11-9-21(28)10-12-22/h5-17H,4,18H2,1-3H3,(H,29,30,33). The number of halogens is 1. The van der Waals surface area contributed by atoms with Crippen molar-refractivity contribution < 1.29 is 22.3 Å². The first-order chi connectivity index (χ1) is 17.7. The zero-order chi connectivity index (χ0) is 26.6. The van der Waals surface area contributed by atoms with Gasteiger partial charge in [0.05, 0.1) is 24.2 Å². The number of methoxy groups -OCH3 is 1. The highest BCUT2D eigenvalue weighted by Crippen LogP contribution is 2.26. The number of hydrogen-bond acceptors (Lipinski definition) is 5. The minimum Gasteiger partial charge on any atom is -0.497 e. The first-order valence-electron chi connectivity index (χ1n) is 11.6. The second-order valence-corrected chi connectivity index (χ2v) is 10.3. The number of hydrogen-bond donors (Lipinski definition) is 1. The summed E-state index contributed by atoms with van der Waals surface area (Å²) in [5, 5.41) is 2.72. The van der Waals surface area contributed by atoms with Crippen molar-refractivity contribution in [2.75, 3.05) is 25.5 Å². The van der Waals surface area contributed by atoms with Gasteiger partial charge in [0.25, 0.3) is 0 Å². The number of likely N-dealkylation sites (N-methyl/N-ethyl adjacent to an activating group) is 1. The number of carbonyl (C=O) groups excluding carboxylic acids is 1. The lowest BCUT2D eigenvalue weighted by Gasteiger charge is -2.20. The van der Waals surface area contributed by atoms with Gasteiger partial charge in [-0.05, 0) is 67.6 Å². The van der Waals surface area contributed by atoms with Gasteiger partial charge in [0.1, 0.15) is 11.6 Å². The number of aryl methyl sites for hydroxylation is 1. The molecule has 0 saturated carbocycles. The molecule has 3 aromatic carbocycles. The number of nitrogens with zero attached hydrogens (tertiary/aromatic N) is 3. The van der Waals surface area contributed by atoms with E-state index in [0.717, 1.165) is 15.4 Å². The molecule has 1 N–H and O–H groups in total. The van der Waals surface area contributed by atoms with Crippen LogP contribution in [0.3, 0.4) is 0 Å². The SMILES string of the molecule is CCN(CC(=O)Nc1nc(-c2ccc(OC)cc2)cn1-c1ccc(F)cc1)S(=O)(=O)c1ccc(C)cc1. The largest absolute Gasteiger partial charge is 0.497 e. The third-order valence-electron chi connectivity index (χ3n) is 5.78. The highest BCUT2D eigenvalue weighted by atomic mass is 32.2. The molecule has 0 spiro atoms. The molecule has 1 heterocycles. The molecule has 10 heteroatoms. The maximum absolute atomic E-state index is 13.5. The fraction of sp³-hybridized carbons (Fsp3) is 0.185. The molecule has 0 aliphatic rings. The van der Waals surface area contributed by atoms with E-state index in [1.165, 1.54) is 24.3 Å². The molecule has 0 fully saturated rings. The molecule has 0 unspecified atom stereocenters. The van der Waals surface area contributed by atoms with Gasteiger partial charge in [0, 0.05) is 24.0 Å². The van der Waals surface area contributed by atoms with Crippen molar-refractivity contribution in [2.24, 2.45) is 0 Å². The summed E-state index contributed by atoms with van der Waals surface area (Å²) in [4.78, 5) is 17.7. The van der Waals surface area contributed by atoms with Gasteiger partial charge in [-0.25, -0.2) is 17.8 Å². The molecule has 37 heavy (non-hydrogen) atoms. The van der Waals surface area contributed by atoms with E-state index >= 15 is 0 Å². The van der Waals surface area contributed by atoms with Crippen LogP contribution in [0, 0.1) is 12.7 Å². The number of nitrogens with one attached hydrogen (secondary N) is 1. The highest BCUT2D eigenvalue weighted by Gasteiger charge is 2.26. The van der Waals surface area contributed by atoms with Crippen LogP contribution in [-0.2, 0) is 14.8 Å². The average molecular weight is 523 g/mol. The number of benzene rings is 3. The van der Waals surface area contributed by atoms with E-state index < -0.39 is 28.3 Å². The molecule has 0 atom stereocenters. The minimum atomic E-state index is -3.87. The summed E-state index contributed by atoms with van der Waals surface area (Å²) in [6, 6.07) is 19.4. The lowest BCUT2D eigenvalue weighted by molar-refractivity contribution is -0.116. The van der Waals surface area contributed by atoms with E-state index in [1.54, 1.807) is 61.2 Å². The number of carbonyl (C=O) groups is 1. The van der Waals surface area contributed by atoms with Gasteiger partial charge in [-0.15, -0.1) is 0 Å². The Hall–Kier alpha value is -4.02. The molecule has 192 valence electrons. The monoisotopic (exact) mass is 522 g/mol. The van der Waals surface area contributed by atoms with Crippen molar-refractivity contribution in [1.29, 1.82) is 0 Å². The van der Waals surface area contributed by atoms with Gasteiger partial charge < -0.3 is 4.74 Å². The third kappa shape index (κ3) is 5.87. The van der Waals surface area contributed by atoms with Crippen molar-refractivity contribution in [2.45, 2.75) is 18.7 Å². The molecule has 4 aromatic rings. The zero-order valence-electron chi connectivity index (χ0n) is 20.7. The Kier molecular flexibility index (Phi) is 7.70. The van der Waals surface area contributed by atoms with Gasteiger partial charge in [-0.2, -0.15) is 4.31 Å².